The number of carboxylic acids is 1. The van der Waals surface area contributed by atoms with Crippen molar-refractivity contribution >= 4 is 46.5 Å². The van der Waals surface area contributed by atoms with E-state index >= 15 is 0 Å². The molecule has 3 atom stereocenters. The second kappa shape index (κ2) is 15.4. The summed E-state index contributed by atoms with van der Waals surface area (Å²) >= 11 is 14.1. The molecule has 50 heavy (non-hydrogen) atoms. The summed E-state index contributed by atoms with van der Waals surface area (Å²) in [5.74, 6) is -0.919. The van der Waals surface area contributed by atoms with Gasteiger partial charge < -0.3 is 29.6 Å². The Morgan fingerprint density at radius 3 is 2.38 bits per heavy atom. The Balaban J connectivity index is 1.34. The van der Waals surface area contributed by atoms with Crippen molar-refractivity contribution in [2.75, 3.05) is 33.9 Å². The molecule has 2 bridgehead atoms. The number of aromatic hydroxyl groups is 1. The van der Waals surface area contributed by atoms with Crippen molar-refractivity contribution < 1.29 is 38.7 Å². The average Bonchev–Trinajstić information content (AvgIpc) is 3.52. The Bertz CT molecular complexity index is 1860. The Morgan fingerprint density at radius 1 is 1.04 bits per heavy atom. The highest BCUT2D eigenvalue weighted by atomic mass is 35.5. The topological polar surface area (TPSA) is 144 Å². The number of piperidine rings is 3. The zero-order valence-corrected chi connectivity index (χ0v) is 29.8. The molecule has 3 aliphatic heterocycles. The van der Waals surface area contributed by atoms with Gasteiger partial charge in [0.1, 0.15) is 32.8 Å². The molecule has 5 heterocycles. The van der Waals surface area contributed by atoms with Crippen molar-refractivity contribution in [1.82, 2.24) is 10.2 Å². The molecule has 14 heteroatoms. The number of benzene rings is 2. The van der Waals surface area contributed by atoms with Gasteiger partial charge in [-0.15, -0.1) is 11.3 Å². The second-order valence-corrected chi connectivity index (χ2v) is 14.4. The fraction of sp³-hybridized carbons (Fsp3) is 0.361. The molecular formula is C36H37Cl2N3O8S. The normalized spacial score (nSPS) is 19.5. The number of thiophene rings is 1. The summed E-state index contributed by atoms with van der Waals surface area (Å²) in [6.07, 6.45) is 4.31. The molecule has 3 N–H and O–H groups in total. The number of esters is 1. The number of carbonyl (C=O) groups excluding carboxylic acids is 1. The van der Waals surface area contributed by atoms with Gasteiger partial charge in [-0.3, -0.25) is 10.2 Å². The lowest BCUT2D eigenvalue weighted by atomic mass is 9.85. The summed E-state index contributed by atoms with van der Waals surface area (Å²) in [4.78, 5) is 29.5. The van der Waals surface area contributed by atoms with Crippen molar-refractivity contribution in [2.24, 2.45) is 5.92 Å². The number of methoxy groups -OCH3 is 2. The largest absolute Gasteiger partial charge is 0.619 e. The Hall–Kier alpha value is -4.07. The van der Waals surface area contributed by atoms with Crippen LogP contribution in [0.5, 0.6) is 17.2 Å². The molecule has 264 valence electrons. The van der Waals surface area contributed by atoms with Gasteiger partial charge in [-0.25, -0.2) is 9.59 Å². The van der Waals surface area contributed by atoms with Crippen LogP contribution in [-0.4, -0.2) is 67.0 Å². The number of aromatic carboxylic acids is 1. The van der Waals surface area contributed by atoms with Gasteiger partial charge in [-0.2, -0.15) is 4.73 Å². The van der Waals surface area contributed by atoms with E-state index < -0.39 is 23.9 Å². The minimum atomic E-state index is -1.13. The number of nitrogens with zero attached hydrogens (tertiary/aromatic N) is 2. The highest BCUT2D eigenvalue weighted by Gasteiger charge is 2.38. The van der Waals surface area contributed by atoms with Crippen LogP contribution >= 0.6 is 34.5 Å². The third-order valence-corrected chi connectivity index (χ3v) is 11.2. The minimum absolute atomic E-state index is 0.00926. The van der Waals surface area contributed by atoms with Gasteiger partial charge in [0.05, 0.1) is 14.2 Å². The second-order valence-electron chi connectivity index (χ2n) is 12.5. The summed E-state index contributed by atoms with van der Waals surface area (Å²) in [6.45, 7) is 2.83. The van der Waals surface area contributed by atoms with Crippen LogP contribution in [0, 0.1) is 11.1 Å². The number of fused-ring (bicyclic) bond motifs is 3. The van der Waals surface area contributed by atoms with Crippen molar-refractivity contribution in [3.05, 3.63) is 108 Å². The lowest BCUT2D eigenvalue weighted by Crippen LogP contribution is -2.52. The highest BCUT2D eigenvalue weighted by molar-refractivity contribution is 7.14. The van der Waals surface area contributed by atoms with Crippen LogP contribution in [0.2, 0.25) is 10.0 Å². The van der Waals surface area contributed by atoms with Crippen LogP contribution in [0.3, 0.4) is 0 Å². The number of carboxylic acid groups (broad SMARTS) is 1. The highest BCUT2D eigenvalue weighted by Crippen LogP contribution is 2.41. The van der Waals surface area contributed by atoms with E-state index in [1.807, 2.05) is 6.07 Å². The number of ether oxygens (including phenoxy) is 3. The molecule has 1 unspecified atom stereocenters. The molecule has 3 saturated heterocycles. The molecule has 0 saturated carbocycles. The van der Waals surface area contributed by atoms with E-state index in [2.05, 4.69) is 10.2 Å². The average molecular weight is 743 g/mol. The smallest absolute Gasteiger partial charge is 0.346 e. The lowest BCUT2D eigenvalue weighted by Gasteiger charge is -2.44. The molecule has 0 amide bonds. The minimum Gasteiger partial charge on any atom is -0.619 e. The first kappa shape index (κ1) is 35.7. The molecule has 0 aliphatic carbocycles. The number of phenolic OH excluding ortho intramolecular Hbond substituents is 1. The van der Waals surface area contributed by atoms with E-state index in [0.717, 1.165) is 37.3 Å². The van der Waals surface area contributed by atoms with Gasteiger partial charge in [0.2, 0.25) is 0 Å². The Labute approximate surface area is 303 Å². The molecule has 2 aromatic heterocycles. The number of halogens is 2. The van der Waals surface area contributed by atoms with E-state index in [9.17, 15) is 25.0 Å². The van der Waals surface area contributed by atoms with E-state index in [1.54, 1.807) is 30.3 Å². The Morgan fingerprint density at radius 2 is 1.76 bits per heavy atom. The summed E-state index contributed by atoms with van der Waals surface area (Å²) < 4.78 is 17.6. The monoisotopic (exact) mass is 741 g/mol. The van der Waals surface area contributed by atoms with Gasteiger partial charge in [-0.05, 0) is 85.3 Å². The van der Waals surface area contributed by atoms with Gasteiger partial charge in [0, 0.05) is 29.4 Å². The van der Waals surface area contributed by atoms with Crippen molar-refractivity contribution in [3.63, 3.8) is 0 Å². The van der Waals surface area contributed by atoms with Crippen LogP contribution in [0.25, 0.3) is 0 Å². The quantitative estimate of drug-likeness (QED) is 0.0854. The molecule has 11 nitrogen and oxygen atoms in total. The lowest BCUT2D eigenvalue weighted by molar-refractivity contribution is -0.605. The zero-order chi connectivity index (χ0) is 35.5. The molecule has 0 radical (unpaired) electrons. The van der Waals surface area contributed by atoms with E-state index in [-0.39, 0.29) is 39.7 Å². The van der Waals surface area contributed by atoms with Crippen molar-refractivity contribution in [2.45, 2.75) is 43.9 Å². The molecular weight excluding hydrogens is 705 g/mol. The summed E-state index contributed by atoms with van der Waals surface area (Å²) in [7, 11) is 3.03. The fourth-order valence-corrected chi connectivity index (χ4v) is 8.49. The first-order valence-electron chi connectivity index (χ1n) is 16.1. The Kier molecular flexibility index (Phi) is 11.0. The standard InChI is InChI=1S/C36H37Cl2N3O8S/c1-47-30-7-6-21(13-31(30)48-2)25(15-27-28(37)17-41(46)18-29(27)38)26-14-24(50-34(26)35(43)44)16-39-33(22-4-3-5-23(42)12-22)36(45)49-32-19-40-10-8-20(32)9-11-40/h3-7,12-14,17-18,20,25,32-33,39,42H,8-11,15-16,19H2,1-2H3,(H,43,44)/t25-,32-,33?/m0/s1. The zero-order valence-electron chi connectivity index (χ0n) is 27.4. The molecule has 3 fully saturated rings. The first-order valence-corrected chi connectivity index (χ1v) is 17.7. The number of nitrogens with one attached hydrogen (secondary N) is 1. The van der Waals surface area contributed by atoms with Crippen molar-refractivity contribution in [3.8, 4) is 17.2 Å². The maximum absolute atomic E-state index is 13.8. The summed E-state index contributed by atoms with van der Waals surface area (Å²) in [6, 6.07) is 12.6. The van der Waals surface area contributed by atoms with Crippen LogP contribution in [0.4, 0.5) is 0 Å². The molecule has 0 spiro atoms. The van der Waals surface area contributed by atoms with Crippen LogP contribution in [-0.2, 0) is 22.5 Å². The number of pyridine rings is 1. The number of aromatic nitrogens is 1. The van der Waals surface area contributed by atoms with E-state index in [4.69, 9.17) is 37.4 Å². The predicted octanol–water partition coefficient (Wildman–Crippen LogP) is 5.95. The number of rotatable bonds is 13. The summed E-state index contributed by atoms with van der Waals surface area (Å²) in [5.41, 5.74) is 2.19. The number of carbonyl (C=O) groups is 2. The van der Waals surface area contributed by atoms with Gasteiger partial charge in [0.15, 0.2) is 23.9 Å². The fourth-order valence-electron chi connectivity index (χ4n) is 6.88. The maximum Gasteiger partial charge on any atom is 0.346 e. The predicted molar refractivity (Wildman–Crippen MR) is 189 cm³/mol. The first-order chi connectivity index (χ1) is 24.0. The SMILES string of the molecule is COc1ccc([C@H](Cc2c(Cl)c[n+]([O-])cc2Cl)c2cc(CNC(C(=O)O[C@H]3CN4CCC3CC4)c3cccc(O)c3)sc2C(=O)O)cc1OC. The van der Waals surface area contributed by atoms with Crippen LogP contribution in [0.15, 0.2) is 60.9 Å². The maximum atomic E-state index is 13.8. The van der Waals surface area contributed by atoms with Crippen LogP contribution < -0.4 is 19.5 Å². The van der Waals surface area contributed by atoms with Gasteiger partial charge in [0.25, 0.3) is 0 Å². The molecule has 3 aliphatic rings. The number of phenols is 1. The van der Waals surface area contributed by atoms with Crippen LogP contribution in [0.1, 0.15) is 61.6 Å². The summed E-state index contributed by atoms with van der Waals surface area (Å²) in [5, 5.41) is 36.2. The van der Waals surface area contributed by atoms with Crippen molar-refractivity contribution in [1.29, 1.82) is 0 Å². The van der Waals surface area contributed by atoms with Gasteiger partial charge >= 0.3 is 11.9 Å². The number of hydrogen-bond acceptors (Lipinski definition) is 10. The third-order valence-electron chi connectivity index (χ3n) is 9.44. The third kappa shape index (κ3) is 7.79. The van der Waals surface area contributed by atoms with E-state index in [0.29, 0.717) is 55.8 Å². The molecule has 4 aromatic rings. The molecule has 7 rings (SSSR count). The van der Waals surface area contributed by atoms with E-state index in [1.165, 1.54) is 38.7 Å². The molecule has 2 aromatic carbocycles. The number of hydrogen-bond donors (Lipinski definition) is 3. The van der Waals surface area contributed by atoms with Gasteiger partial charge in [-0.1, -0.05) is 41.4 Å².